The third-order valence-electron chi connectivity index (χ3n) is 7.40. The van der Waals surface area contributed by atoms with Crippen molar-refractivity contribution in [1.29, 1.82) is 0 Å². The summed E-state index contributed by atoms with van der Waals surface area (Å²) in [5, 5.41) is 5.20. The molecule has 0 saturated carbocycles. The van der Waals surface area contributed by atoms with Crippen LogP contribution in [0.4, 0.5) is 15.3 Å². The van der Waals surface area contributed by atoms with Crippen molar-refractivity contribution >= 4 is 29.6 Å². The maximum absolute atomic E-state index is 13.7. The molecule has 5 rings (SSSR count). The summed E-state index contributed by atoms with van der Waals surface area (Å²) in [6.45, 7) is 1.83. The number of fused-ring (bicyclic) bond motifs is 2. The molecule has 0 bridgehead atoms. The third-order valence-corrected chi connectivity index (χ3v) is 7.40. The van der Waals surface area contributed by atoms with Gasteiger partial charge in [-0.25, -0.2) is 14.5 Å². The number of carbonyl (C=O) groups excluding carboxylic acids is 4. The minimum Gasteiger partial charge on any atom is -0.427 e. The van der Waals surface area contributed by atoms with E-state index >= 15 is 0 Å². The van der Waals surface area contributed by atoms with E-state index < -0.39 is 24.1 Å². The zero-order valence-corrected chi connectivity index (χ0v) is 21.8. The van der Waals surface area contributed by atoms with Gasteiger partial charge in [-0.2, -0.15) is 0 Å². The number of nitrogens with one attached hydrogen (secondary N) is 2. The first-order valence-corrected chi connectivity index (χ1v) is 12.9. The number of rotatable bonds is 7. The Morgan fingerprint density at radius 1 is 1.03 bits per heavy atom. The third kappa shape index (κ3) is 4.95. The van der Waals surface area contributed by atoms with Gasteiger partial charge < -0.3 is 20.3 Å². The van der Waals surface area contributed by atoms with Gasteiger partial charge in [-0.15, -0.1) is 0 Å². The summed E-state index contributed by atoms with van der Waals surface area (Å²) in [5.41, 5.74) is 2.37. The molecule has 2 aliphatic rings. The SMILES string of the molecule is CNC(=O)Nc1ccc2c(c1)CC[C@@]21OC(=O)N(CC(=O)N(Cc2ccccc2)[C@@H](C)c2ccccc2)C1=O. The maximum atomic E-state index is 13.7. The van der Waals surface area contributed by atoms with Crippen LogP contribution in [0.1, 0.15) is 41.6 Å². The normalized spacial score (nSPS) is 18.5. The molecule has 2 atom stereocenters. The molecule has 1 saturated heterocycles. The van der Waals surface area contributed by atoms with Crippen LogP contribution in [0, 0.1) is 0 Å². The first-order valence-electron chi connectivity index (χ1n) is 12.9. The van der Waals surface area contributed by atoms with Crippen molar-refractivity contribution in [3.63, 3.8) is 0 Å². The Hall–Kier alpha value is -4.66. The smallest absolute Gasteiger partial charge is 0.418 e. The zero-order valence-electron chi connectivity index (χ0n) is 21.8. The van der Waals surface area contributed by atoms with Crippen LogP contribution < -0.4 is 10.6 Å². The quantitative estimate of drug-likeness (QED) is 0.476. The number of hydrogen-bond donors (Lipinski definition) is 2. The van der Waals surface area contributed by atoms with Crippen LogP contribution in [-0.4, -0.2) is 47.3 Å². The van der Waals surface area contributed by atoms with Crippen molar-refractivity contribution in [2.45, 2.75) is 38.0 Å². The Labute approximate surface area is 226 Å². The summed E-state index contributed by atoms with van der Waals surface area (Å²) in [4.78, 5) is 54.7. The molecule has 1 fully saturated rings. The molecular formula is C30H30N4O5. The summed E-state index contributed by atoms with van der Waals surface area (Å²) < 4.78 is 5.71. The number of nitrogens with zero attached hydrogens (tertiary/aromatic N) is 2. The molecule has 5 amide bonds. The monoisotopic (exact) mass is 526 g/mol. The number of benzene rings is 3. The van der Waals surface area contributed by atoms with Crippen LogP contribution in [0.2, 0.25) is 0 Å². The number of aryl methyl sites for hydroxylation is 1. The van der Waals surface area contributed by atoms with Crippen LogP contribution in [0.5, 0.6) is 0 Å². The van der Waals surface area contributed by atoms with Crippen molar-refractivity contribution in [3.05, 3.63) is 101 Å². The van der Waals surface area contributed by atoms with Crippen LogP contribution in [0.25, 0.3) is 0 Å². The number of amides is 5. The van der Waals surface area contributed by atoms with Gasteiger partial charge >= 0.3 is 12.1 Å². The summed E-state index contributed by atoms with van der Waals surface area (Å²) in [6, 6.07) is 23.7. The Bertz CT molecular complexity index is 1410. The lowest BCUT2D eigenvalue weighted by molar-refractivity contribution is -0.143. The lowest BCUT2D eigenvalue weighted by atomic mass is 9.94. The van der Waals surface area contributed by atoms with E-state index in [-0.39, 0.29) is 24.4 Å². The average Bonchev–Trinajstić information content (AvgIpc) is 3.43. The summed E-state index contributed by atoms with van der Waals surface area (Å²) in [7, 11) is 1.52. The fraction of sp³-hybridized carbons (Fsp3) is 0.267. The molecule has 1 spiro atoms. The predicted molar refractivity (Wildman–Crippen MR) is 145 cm³/mol. The molecule has 0 radical (unpaired) electrons. The van der Waals surface area contributed by atoms with Crippen LogP contribution in [-0.2, 0) is 32.9 Å². The molecule has 9 nitrogen and oxygen atoms in total. The van der Waals surface area contributed by atoms with Gasteiger partial charge in [0.25, 0.3) is 5.91 Å². The van der Waals surface area contributed by atoms with Gasteiger partial charge in [-0.1, -0.05) is 66.7 Å². The Morgan fingerprint density at radius 3 is 2.41 bits per heavy atom. The fourth-order valence-electron chi connectivity index (χ4n) is 5.28. The van der Waals surface area contributed by atoms with Crippen LogP contribution in [0.15, 0.2) is 78.9 Å². The number of hydrogen-bond acceptors (Lipinski definition) is 5. The molecule has 1 aliphatic heterocycles. The number of imide groups is 1. The number of carbonyl (C=O) groups is 4. The van der Waals surface area contributed by atoms with Crippen LogP contribution >= 0.6 is 0 Å². The highest BCUT2D eigenvalue weighted by Gasteiger charge is 2.58. The first-order chi connectivity index (χ1) is 18.8. The van der Waals surface area contributed by atoms with E-state index in [1.807, 2.05) is 67.6 Å². The van der Waals surface area contributed by atoms with Gasteiger partial charge in [0.15, 0.2) is 0 Å². The number of anilines is 1. The Morgan fingerprint density at radius 2 is 1.72 bits per heavy atom. The first kappa shape index (κ1) is 26.0. The summed E-state index contributed by atoms with van der Waals surface area (Å²) in [5.74, 6) is -0.903. The molecule has 3 aromatic carbocycles. The number of urea groups is 1. The molecule has 0 aromatic heterocycles. The lowest BCUT2D eigenvalue weighted by Gasteiger charge is -2.31. The van der Waals surface area contributed by atoms with Gasteiger partial charge in [-0.3, -0.25) is 9.59 Å². The Balaban J connectivity index is 1.38. The fourth-order valence-corrected chi connectivity index (χ4v) is 5.28. The molecule has 1 aliphatic carbocycles. The molecular weight excluding hydrogens is 496 g/mol. The summed E-state index contributed by atoms with van der Waals surface area (Å²) >= 11 is 0. The molecule has 200 valence electrons. The van der Waals surface area contributed by atoms with Gasteiger partial charge in [0, 0.05) is 31.3 Å². The van der Waals surface area contributed by atoms with Gasteiger partial charge in [0.05, 0.1) is 6.04 Å². The van der Waals surface area contributed by atoms with Crippen molar-refractivity contribution in [3.8, 4) is 0 Å². The highest BCUT2D eigenvalue weighted by molar-refractivity contribution is 6.06. The second kappa shape index (κ2) is 10.6. The van der Waals surface area contributed by atoms with Crippen LogP contribution in [0.3, 0.4) is 0 Å². The zero-order chi connectivity index (χ0) is 27.6. The molecule has 9 heteroatoms. The second-order valence-electron chi connectivity index (χ2n) is 9.76. The van der Waals surface area contributed by atoms with Crippen molar-refractivity contribution < 1.29 is 23.9 Å². The van der Waals surface area contributed by atoms with Gasteiger partial charge in [-0.05, 0) is 42.2 Å². The van der Waals surface area contributed by atoms with E-state index in [4.69, 9.17) is 4.74 Å². The highest BCUT2D eigenvalue weighted by Crippen LogP contribution is 2.46. The van der Waals surface area contributed by atoms with Gasteiger partial charge in [0.2, 0.25) is 11.5 Å². The molecule has 2 N–H and O–H groups in total. The van der Waals surface area contributed by atoms with E-state index in [0.29, 0.717) is 24.2 Å². The molecule has 39 heavy (non-hydrogen) atoms. The standard InChI is InChI=1S/C30H30N4O5/c1-20(22-11-7-4-8-12-22)33(18-21-9-5-3-6-10-21)26(35)19-34-27(36)30(39-29(34)38)16-15-23-17-24(13-14-25(23)30)32-28(37)31-2/h3-14,17,20H,15-16,18-19H2,1-2H3,(H2,31,32,37)/t20-,30+/m0/s1. The molecule has 3 aromatic rings. The minimum atomic E-state index is -1.46. The Kier molecular flexibility index (Phi) is 7.06. The summed E-state index contributed by atoms with van der Waals surface area (Å²) in [6.07, 6.45) is -0.0690. The van der Waals surface area contributed by atoms with Crippen molar-refractivity contribution in [2.24, 2.45) is 0 Å². The minimum absolute atomic E-state index is 0.273. The molecule has 1 heterocycles. The maximum Gasteiger partial charge on any atom is 0.418 e. The molecule has 0 unspecified atom stereocenters. The second-order valence-corrected chi connectivity index (χ2v) is 9.76. The van der Waals surface area contributed by atoms with Gasteiger partial charge in [0.1, 0.15) is 6.54 Å². The number of ether oxygens (including phenoxy) is 1. The van der Waals surface area contributed by atoms with E-state index in [9.17, 15) is 19.2 Å². The highest BCUT2D eigenvalue weighted by atomic mass is 16.6. The lowest BCUT2D eigenvalue weighted by Crippen LogP contribution is -2.45. The van der Waals surface area contributed by atoms with Crippen molar-refractivity contribution in [1.82, 2.24) is 15.1 Å². The van der Waals surface area contributed by atoms with E-state index in [2.05, 4.69) is 10.6 Å². The van der Waals surface area contributed by atoms with E-state index in [0.717, 1.165) is 21.6 Å². The van der Waals surface area contributed by atoms with E-state index in [1.165, 1.54) is 7.05 Å². The van der Waals surface area contributed by atoms with Crippen molar-refractivity contribution in [2.75, 3.05) is 18.9 Å². The topological polar surface area (TPSA) is 108 Å². The van der Waals surface area contributed by atoms with E-state index in [1.54, 1.807) is 23.1 Å². The predicted octanol–water partition coefficient (Wildman–Crippen LogP) is 4.35. The average molecular weight is 527 g/mol. The largest absolute Gasteiger partial charge is 0.427 e.